The topological polar surface area (TPSA) is 30.7 Å². The van der Waals surface area contributed by atoms with E-state index in [2.05, 4.69) is 10.1 Å². The number of halogens is 4. The zero-order chi connectivity index (χ0) is 16.0. The van der Waals surface area contributed by atoms with Crippen molar-refractivity contribution in [2.75, 3.05) is 0 Å². The van der Waals surface area contributed by atoms with Gasteiger partial charge in [-0.1, -0.05) is 63.8 Å². The summed E-state index contributed by atoms with van der Waals surface area (Å²) in [5.41, 5.74) is 3.02. The van der Waals surface area contributed by atoms with E-state index in [4.69, 9.17) is 46.4 Å². The van der Waals surface area contributed by atoms with E-state index in [1.54, 1.807) is 16.8 Å². The van der Waals surface area contributed by atoms with Crippen LogP contribution in [0, 0.1) is 13.8 Å². The number of rotatable bonds is 2. The average molecular weight is 393 g/mol. The van der Waals surface area contributed by atoms with Gasteiger partial charge < -0.3 is 0 Å². The molecule has 0 aliphatic carbocycles. The fourth-order valence-electron chi connectivity index (χ4n) is 2.01. The van der Waals surface area contributed by atoms with Gasteiger partial charge in [-0.15, -0.1) is 0 Å². The average Bonchev–Trinajstić information content (AvgIpc) is 2.98. The Morgan fingerprint density at radius 2 is 1.77 bits per heavy atom. The van der Waals surface area contributed by atoms with E-state index >= 15 is 0 Å². The van der Waals surface area contributed by atoms with Crippen LogP contribution in [0.2, 0.25) is 19.4 Å². The van der Waals surface area contributed by atoms with Crippen LogP contribution >= 0.6 is 57.7 Å². The zero-order valence-corrected chi connectivity index (χ0v) is 15.3. The minimum atomic E-state index is 0.457. The third-order valence-electron chi connectivity index (χ3n) is 3.15. The lowest BCUT2D eigenvalue weighted by Crippen LogP contribution is -1.98. The molecular formula is C14H9Cl4N3S. The van der Waals surface area contributed by atoms with Crippen LogP contribution in [-0.4, -0.2) is 14.8 Å². The summed E-state index contributed by atoms with van der Waals surface area (Å²) in [5.74, 6) is 0. The quantitative estimate of drug-likeness (QED) is 0.517. The molecule has 0 radical (unpaired) electrons. The van der Waals surface area contributed by atoms with Gasteiger partial charge in [-0.05, 0) is 26.0 Å². The monoisotopic (exact) mass is 391 g/mol. The molecule has 0 bridgehead atoms. The molecule has 0 atom stereocenters. The maximum absolute atomic E-state index is 6.33. The second-order valence-electron chi connectivity index (χ2n) is 4.64. The summed E-state index contributed by atoms with van der Waals surface area (Å²) in [6.45, 7) is 3.73. The highest BCUT2D eigenvalue weighted by atomic mass is 35.5. The third kappa shape index (κ3) is 2.74. The van der Waals surface area contributed by atoms with Crippen LogP contribution in [0.3, 0.4) is 0 Å². The molecule has 0 amide bonds. The van der Waals surface area contributed by atoms with Crippen LogP contribution in [-0.2, 0) is 0 Å². The standard InChI is InChI=1S/C14H9Cl4N3S/c1-6-11(17)7(2)21(20-6)14-19-12(13(18)22-14)8-3-4-9(15)10(16)5-8/h3-5H,1-2H3. The predicted octanol–water partition coefficient (Wildman–Crippen LogP) is 6.23. The van der Waals surface area contributed by atoms with Crippen LogP contribution in [0.1, 0.15) is 11.4 Å². The summed E-state index contributed by atoms with van der Waals surface area (Å²) in [7, 11) is 0. The SMILES string of the molecule is Cc1nn(-c2nc(-c3ccc(Cl)c(Cl)c3)c(Cl)s2)c(C)c1Cl. The van der Waals surface area contributed by atoms with Gasteiger partial charge in [-0.25, -0.2) is 9.67 Å². The second kappa shape index (κ2) is 6.02. The van der Waals surface area contributed by atoms with Gasteiger partial charge in [0.1, 0.15) is 10.0 Å². The fourth-order valence-corrected chi connectivity index (χ4v) is 3.61. The van der Waals surface area contributed by atoms with E-state index < -0.39 is 0 Å². The van der Waals surface area contributed by atoms with Crippen LogP contribution in [0.4, 0.5) is 0 Å². The molecule has 0 unspecified atom stereocenters. The van der Waals surface area contributed by atoms with Crippen LogP contribution in [0.5, 0.6) is 0 Å². The summed E-state index contributed by atoms with van der Waals surface area (Å²) >= 11 is 25.8. The van der Waals surface area contributed by atoms with Crippen LogP contribution in [0.15, 0.2) is 18.2 Å². The number of aromatic nitrogens is 3. The Balaban J connectivity index is 2.11. The molecule has 0 N–H and O–H groups in total. The minimum absolute atomic E-state index is 0.457. The Morgan fingerprint density at radius 1 is 1.05 bits per heavy atom. The van der Waals surface area contributed by atoms with Crippen molar-refractivity contribution in [3.63, 3.8) is 0 Å². The van der Waals surface area contributed by atoms with Crippen molar-refractivity contribution >= 4 is 57.7 Å². The van der Waals surface area contributed by atoms with Gasteiger partial charge in [0, 0.05) is 5.56 Å². The van der Waals surface area contributed by atoms with E-state index in [1.807, 2.05) is 19.9 Å². The number of thiazole rings is 1. The van der Waals surface area contributed by atoms with Gasteiger partial charge in [-0.2, -0.15) is 5.10 Å². The molecule has 0 saturated carbocycles. The number of hydrogen-bond donors (Lipinski definition) is 0. The van der Waals surface area contributed by atoms with Gasteiger partial charge >= 0.3 is 0 Å². The number of benzene rings is 1. The van der Waals surface area contributed by atoms with E-state index in [1.165, 1.54) is 11.3 Å². The molecule has 2 heterocycles. The van der Waals surface area contributed by atoms with Crippen molar-refractivity contribution in [2.45, 2.75) is 13.8 Å². The second-order valence-corrected chi connectivity index (χ2v) is 7.42. The molecule has 114 valence electrons. The van der Waals surface area contributed by atoms with Crippen molar-refractivity contribution in [2.24, 2.45) is 0 Å². The maximum Gasteiger partial charge on any atom is 0.212 e. The molecule has 0 aliphatic heterocycles. The molecule has 22 heavy (non-hydrogen) atoms. The lowest BCUT2D eigenvalue weighted by molar-refractivity contribution is 0.826. The zero-order valence-electron chi connectivity index (χ0n) is 11.5. The van der Waals surface area contributed by atoms with Gasteiger partial charge in [0.25, 0.3) is 0 Å². The van der Waals surface area contributed by atoms with Crippen molar-refractivity contribution in [3.8, 4) is 16.4 Å². The van der Waals surface area contributed by atoms with Crippen LogP contribution in [0.25, 0.3) is 16.4 Å². The van der Waals surface area contributed by atoms with E-state index in [0.29, 0.717) is 30.2 Å². The summed E-state index contributed by atoms with van der Waals surface area (Å²) in [4.78, 5) is 4.56. The van der Waals surface area contributed by atoms with E-state index in [-0.39, 0.29) is 0 Å². The molecule has 0 aliphatic rings. The highest BCUT2D eigenvalue weighted by molar-refractivity contribution is 7.18. The highest BCUT2D eigenvalue weighted by Crippen LogP contribution is 2.37. The van der Waals surface area contributed by atoms with E-state index in [9.17, 15) is 0 Å². The van der Waals surface area contributed by atoms with Gasteiger partial charge in [0.2, 0.25) is 5.13 Å². The Kier molecular flexibility index (Phi) is 4.40. The highest BCUT2D eigenvalue weighted by Gasteiger charge is 2.18. The molecule has 3 nitrogen and oxygen atoms in total. The van der Waals surface area contributed by atoms with Gasteiger partial charge in [0.05, 0.1) is 26.5 Å². The smallest absolute Gasteiger partial charge is 0.212 e. The Bertz CT molecular complexity index is 869. The first-order valence-corrected chi connectivity index (χ1v) is 8.55. The first-order chi connectivity index (χ1) is 10.4. The maximum atomic E-state index is 6.33. The Labute approximate surface area is 151 Å². The Hall–Kier alpha value is -0.780. The predicted molar refractivity (Wildman–Crippen MR) is 94.2 cm³/mol. The van der Waals surface area contributed by atoms with Gasteiger partial charge in [-0.3, -0.25) is 0 Å². The lowest BCUT2D eigenvalue weighted by atomic mass is 10.2. The molecular weight excluding hydrogens is 384 g/mol. The fraction of sp³-hybridized carbons (Fsp3) is 0.143. The summed E-state index contributed by atoms with van der Waals surface area (Å²) < 4.78 is 2.24. The molecule has 1 aromatic carbocycles. The first-order valence-electron chi connectivity index (χ1n) is 6.22. The number of aryl methyl sites for hydroxylation is 1. The number of hydrogen-bond acceptors (Lipinski definition) is 3. The summed E-state index contributed by atoms with van der Waals surface area (Å²) in [6.07, 6.45) is 0. The van der Waals surface area contributed by atoms with Crippen molar-refractivity contribution in [1.82, 2.24) is 14.8 Å². The van der Waals surface area contributed by atoms with E-state index in [0.717, 1.165) is 17.0 Å². The number of nitrogens with zero attached hydrogens (tertiary/aromatic N) is 3. The minimum Gasteiger partial charge on any atom is -0.217 e. The molecule has 0 saturated heterocycles. The van der Waals surface area contributed by atoms with Crippen molar-refractivity contribution in [1.29, 1.82) is 0 Å². The van der Waals surface area contributed by atoms with Crippen molar-refractivity contribution < 1.29 is 0 Å². The molecule has 3 rings (SSSR count). The largest absolute Gasteiger partial charge is 0.217 e. The molecule has 0 spiro atoms. The normalized spacial score (nSPS) is 11.2. The first kappa shape index (κ1) is 16.1. The molecule has 2 aromatic heterocycles. The summed E-state index contributed by atoms with van der Waals surface area (Å²) in [6, 6.07) is 5.28. The van der Waals surface area contributed by atoms with Gasteiger partial charge in [0.15, 0.2) is 0 Å². The third-order valence-corrected chi connectivity index (χ3v) is 5.67. The summed E-state index contributed by atoms with van der Waals surface area (Å²) in [5, 5.41) is 6.61. The molecule has 3 aromatic rings. The Morgan fingerprint density at radius 3 is 2.36 bits per heavy atom. The van der Waals surface area contributed by atoms with Crippen molar-refractivity contribution in [3.05, 3.63) is 49.0 Å². The molecule has 0 fully saturated rings. The molecule has 8 heteroatoms. The van der Waals surface area contributed by atoms with Crippen LogP contribution < -0.4 is 0 Å². The lowest BCUT2D eigenvalue weighted by Gasteiger charge is -2.01.